The second-order valence-electron chi connectivity index (χ2n) is 10.3. The first-order valence-corrected chi connectivity index (χ1v) is 13.3. The first kappa shape index (κ1) is 25.4. The molecule has 2 aliphatic rings. The molecule has 8 nitrogen and oxygen atoms in total. The van der Waals surface area contributed by atoms with Gasteiger partial charge in [0.05, 0.1) is 23.2 Å². The minimum absolute atomic E-state index is 0.0112. The van der Waals surface area contributed by atoms with E-state index in [0.29, 0.717) is 0 Å². The Bertz CT molecular complexity index is 1240. The zero-order valence-corrected chi connectivity index (χ0v) is 21.6. The number of aromatic nitrogens is 2. The standard InChI is InChI=1S/C29H36N4O4/c1-36-23-7-3-5-19(15-23)28(34)30-21-11-9-18(10-12-21)27-32-25-14-13-22(17-26(25)33-27)31-29(35)20-6-4-8-24(16-20)37-2/h9-14,17,19-20,23-24H,3-8,15-16H2,1-2H3,(H,30,34)(H,31,35)(H,32,33). The Hall–Kier alpha value is -3.23. The third-order valence-electron chi connectivity index (χ3n) is 7.84. The summed E-state index contributed by atoms with van der Waals surface area (Å²) in [5.41, 5.74) is 4.13. The molecule has 5 rings (SSSR count). The van der Waals surface area contributed by atoms with Gasteiger partial charge in [0.25, 0.3) is 0 Å². The topological polar surface area (TPSA) is 105 Å². The number of methoxy groups -OCH3 is 2. The molecule has 196 valence electrons. The fourth-order valence-electron chi connectivity index (χ4n) is 5.62. The second kappa shape index (κ2) is 11.4. The van der Waals surface area contributed by atoms with Crippen molar-refractivity contribution < 1.29 is 19.1 Å². The highest BCUT2D eigenvalue weighted by atomic mass is 16.5. The smallest absolute Gasteiger partial charge is 0.227 e. The van der Waals surface area contributed by atoms with Gasteiger partial charge in [-0.05, 0) is 81.0 Å². The van der Waals surface area contributed by atoms with Crippen LogP contribution in [0.2, 0.25) is 0 Å². The number of ether oxygens (including phenoxy) is 2. The van der Waals surface area contributed by atoms with Gasteiger partial charge in [-0.2, -0.15) is 0 Å². The van der Waals surface area contributed by atoms with Crippen molar-refractivity contribution in [1.29, 1.82) is 0 Å². The summed E-state index contributed by atoms with van der Waals surface area (Å²) in [7, 11) is 3.43. The summed E-state index contributed by atoms with van der Waals surface area (Å²) < 4.78 is 10.9. The van der Waals surface area contributed by atoms with E-state index in [0.717, 1.165) is 85.2 Å². The molecule has 3 aromatic rings. The zero-order valence-electron chi connectivity index (χ0n) is 21.6. The molecule has 2 fully saturated rings. The van der Waals surface area contributed by atoms with Gasteiger partial charge in [0.2, 0.25) is 11.8 Å². The number of amides is 2. The average Bonchev–Trinajstić information content (AvgIpc) is 3.37. The summed E-state index contributed by atoms with van der Waals surface area (Å²) in [5.74, 6) is 0.804. The summed E-state index contributed by atoms with van der Waals surface area (Å²) in [6, 6.07) is 13.4. The van der Waals surface area contributed by atoms with E-state index in [1.54, 1.807) is 14.2 Å². The highest BCUT2D eigenvalue weighted by Gasteiger charge is 2.28. The SMILES string of the molecule is COC1CCCC(C(=O)Nc2ccc(-c3nc4ccc(NC(=O)C5CCCC(OC)C5)cc4[nH]3)cc2)C1. The van der Waals surface area contributed by atoms with Crippen LogP contribution in [-0.4, -0.2) is 48.2 Å². The molecule has 8 heteroatoms. The quantitative estimate of drug-likeness (QED) is 0.393. The van der Waals surface area contributed by atoms with Crippen molar-refractivity contribution in [1.82, 2.24) is 9.97 Å². The predicted octanol–water partition coefficient (Wildman–Crippen LogP) is 5.52. The number of anilines is 2. The lowest BCUT2D eigenvalue weighted by Gasteiger charge is -2.27. The van der Waals surface area contributed by atoms with E-state index in [1.807, 2.05) is 42.5 Å². The minimum atomic E-state index is -0.0229. The van der Waals surface area contributed by atoms with Crippen LogP contribution in [0, 0.1) is 11.8 Å². The number of aromatic amines is 1. The number of nitrogens with zero attached hydrogens (tertiary/aromatic N) is 1. The van der Waals surface area contributed by atoms with Crippen molar-refractivity contribution in [3.8, 4) is 11.4 Å². The van der Waals surface area contributed by atoms with Crippen LogP contribution in [-0.2, 0) is 19.1 Å². The van der Waals surface area contributed by atoms with E-state index in [9.17, 15) is 9.59 Å². The van der Waals surface area contributed by atoms with Crippen molar-refractivity contribution in [3.05, 3.63) is 42.5 Å². The van der Waals surface area contributed by atoms with E-state index in [1.165, 1.54) is 0 Å². The fraction of sp³-hybridized carbons (Fsp3) is 0.483. The van der Waals surface area contributed by atoms with Crippen LogP contribution >= 0.6 is 0 Å². The highest BCUT2D eigenvalue weighted by Crippen LogP contribution is 2.30. The summed E-state index contributed by atoms with van der Waals surface area (Å²) in [5, 5.41) is 6.11. The second-order valence-corrected chi connectivity index (χ2v) is 10.3. The number of carbonyl (C=O) groups is 2. The van der Waals surface area contributed by atoms with Gasteiger partial charge in [0, 0.05) is 43.0 Å². The number of hydrogen-bond donors (Lipinski definition) is 3. The molecule has 4 atom stereocenters. The molecule has 0 spiro atoms. The molecular weight excluding hydrogens is 468 g/mol. The van der Waals surface area contributed by atoms with Crippen LogP contribution in [0.15, 0.2) is 42.5 Å². The molecule has 0 saturated heterocycles. The first-order chi connectivity index (χ1) is 18.0. The molecule has 2 aromatic carbocycles. The van der Waals surface area contributed by atoms with Crippen molar-refractivity contribution in [2.45, 2.75) is 63.6 Å². The number of imidazole rings is 1. The van der Waals surface area contributed by atoms with E-state index in [2.05, 4.69) is 15.6 Å². The number of benzene rings is 2. The number of fused-ring (bicyclic) bond motifs is 1. The van der Waals surface area contributed by atoms with Gasteiger partial charge in [-0.3, -0.25) is 9.59 Å². The molecule has 2 saturated carbocycles. The summed E-state index contributed by atoms with van der Waals surface area (Å²) in [6.07, 6.45) is 7.74. The van der Waals surface area contributed by atoms with E-state index in [-0.39, 0.29) is 35.9 Å². The number of rotatable bonds is 7. The normalized spacial score (nSPS) is 24.1. The van der Waals surface area contributed by atoms with E-state index in [4.69, 9.17) is 14.5 Å². The minimum Gasteiger partial charge on any atom is -0.381 e. The van der Waals surface area contributed by atoms with Gasteiger partial charge in [-0.25, -0.2) is 4.98 Å². The van der Waals surface area contributed by atoms with Crippen LogP contribution in [0.4, 0.5) is 11.4 Å². The fourth-order valence-corrected chi connectivity index (χ4v) is 5.62. The Morgan fingerprint density at radius 2 is 1.38 bits per heavy atom. The highest BCUT2D eigenvalue weighted by molar-refractivity contribution is 5.95. The lowest BCUT2D eigenvalue weighted by molar-refractivity contribution is -0.123. The first-order valence-electron chi connectivity index (χ1n) is 13.3. The molecule has 1 heterocycles. The average molecular weight is 505 g/mol. The maximum atomic E-state index is 12.8. The largest absolute Gasteiger partial charge is 0.381 e. The van der Waals surface area contributed by atoms with E-state index >= 15 is 0 Å². The zero-order chi connectivity index (χ0) is 25.8. The van der Waals surface area contributed by atoms with Crippen molar-refractivity contribution in [3.63, 3.8) is 0 Å². The van der Waals surface area contributed by atoms with Gasteiger partial charge in [0.15, 0.2) is 0 Å². The molecular formula is C29H36N4O4. The molecule has 2 amide bonds. The molecule has 1 aromatic heterocycles. The molecule has 0 bridgehead atoms. The van der Waals surface area contributed by atoms with Gasteiger partial charge < -0.3 is 25.1 Å². The molecule has 0 aliphatic heterocycles. The summed E-state index contributed by atoms with van der Waals surface area (Å²) in [6.45, 7) is 0. The number of hydrogen-bond acceptors (Lipinski definition) is 5. The summed E-state index contributed by atoms with van der Waals surface area (Å²) >= 11 is 0. The van der Waals surface area contributed by atoms with Gasteiger partial charge in [-0.1, -0.05) is 12.8 Å². The number of nitrogens with one attached hydrogen (secondary N) is 3. The maximum absolute atomic E-state index is 12.8. The Morgan fingerprint density at radius 1 is 0.811 bits per heavy atom. The third kappa shape index (κ3) is 6.02. The molecule has 3 N–H and O–H groups in total. The van der Waals surface area contributed by atoms with Crippen LogP contribution in [0.3, 0.4) is 0 Å². The van der Waals surface area contributed by atoms with Gasteiger partial charge >= 0.3 is 0 Å². The molecule has 4 unspecified atom stereocenters. The lowest BCUT2D eigenvalue weighted by atomic mass is 9.86. The van der Waals surface area contributed by atoms with Crippen molar-refractivity contribution in [2.24, 2.45) is 11.8 Å². The van der Waals surface area contributed by atoms with Crippen molar-refractivity contribution >= 4 is 34.2 Å². The van der Waals surface area contributed by atoms with E-state index < -0.39 is 0 Å². The van der Waals surface area contributed by atoms with Crippen molar-refractivity contribution in [2.75, 3.05) is 24.9 Å². The number of H-pyrrole nitrogens is 1. The third-order valence-corrected chi connectivity index (χ3v) is 7.84. The van der Waals surface area contributed by atoms with Gasteiger partial charge in [0.1, 0.15) is 5.82 Å². The predicted molar refractivity (Wildman–Crippen MR) is 144 cm³/mol. The number of carbonyl (C=O) groups excluding carboxylic acids is 2. The lowest BCUT2D eigenvalue weighted by Crippen LogP contribution is -2.30. The Morgan fingerprint density at radius 3 is 1.97 bits per heavy atom. The summed E-state index contributed by atoms with van der Waals surface area (Å²) in [4.78, 5) is 33.6. The molecule has 37 heavy (non-hydrogen) atoms. The van der Waals surface area contributed by atoms with Crippen LogP contribution < -0.4 is 10.6 Å². The Kier molecular flexibility index (Phi) is 7.86. The molecule has 0 radical (unpaired) electrons. The van der Waals surface area contributed by atoms with Crippen LogP contribution in [0.5, 0.6) is 0 Å². The Labute approximate surface area is 217 Å². The van der Waals surface area contributed by atoms with Crippen LogP contribution in [0.1, 0.15) is 51.4 Å². The van der Waals surface area contributed by atoms with Crippen LogP contribution in [0.25, 0.3) is 22.4 Å². The molecule has 2 aliphatic carbocycles. The maximum Gasteiger partial charge on any atom is 0.227 e. The Balaban J connectivity index is 1.22. The van der Waals surface area contributed by atoms with Gasteiger partial charge in [-0.15, -0.1) is 0 Å². The monoisotopic (exact) mass is 504 g/mol.